The monoisotopic (exact) mass is 372 g/mol. The molecule has 2 aromatic rings. The lowest BCUT2D eigenvalue weighted by molar-refractivity contribution is -0.134. The molecule has 1 aromatic carbocycles. The summed E-state index contributed by atoms with van der Waals surface area (Å²) in [7, 11) is 0. The fraction of sp³-hybridized carbons (Fsp3) is 0.500. The normalized spacial score (nSPS) is 16.8. The van der Waals surface area contributed by atoms with Crippen molar-refractivity contribution in [2.45, 2.75) is 32.9 Å². The van der Waals surface area contributed by atoms with Crippen LogP contribution in [0.3, 0.4) is 0 Å². The first-order chi connectivity index (χ1) is 12.5. The quantitative estimate of drug-likeness (QED) is 0.847. The van der Waals surface area contributed by atoms with Gasteiger partial charge in [-0.2, -0.15) is 0 Å². The average molecular weight is 373 g/mol. The summed E-state index contributed by atoms with van der Waals surface area (Å²) >= 11 is 1.69. The second-order valence-electron chi connectivity index (χ2n) is 7.35. The first-order valence-corrected chi connectivity index (χ1v) is 10.2. The Morgan fingerprint density at radius 2 is 1.88 bits per heavy atom. The molecule has 2 heterocycles. The van der Waals surface area contributed by atoms with E-state index in [2.05, 4.69) is 36.3 Å². The van der Waals surface area contributed by atoms with E-state index in [0.717, 1.165) is 49.8 Å². The van der Waals surface area contributed by atoms with E-state index in [-0.39, 0.29) is 11.9 Å². The van der Waals surface area contributed by atoms with Crippen LogP contribution in [0.4, 0.5) is 0 Å². The van der Waals surface area contributed by atoms with E-state index in [1.807, 2.05) is 23.1 Å². The molecule has 0 aliphatic carbocycles. The maximum Gasteiger partial charge on any atom is 0.239 e. The molecule has 1 atom stereocenters. The highest BCUT2D eigenvalue weighted by Gasteiger charge is 2.25. The Morgan fingerprint density at radius 1 is 1.19 bits per heavy atom. The zero-order valence-electron chi connectivity index (χ0n) is 15.6. The van der Waals surface area contributed by atoms with Crippen LogP contribution < -0.4 is 5.73 Å². The molecule has 2 N–H and O–H groups in total. The molecular weight excluding hydrogens is 344 g/mol. The summed E-state index contributed by atoms with van der Waals surface area (Å²) in [6, 6.07) is 9.91. The summed E-state index contributed by atoms with van der Waals surface area (Å²) < 4.78 is 0. The number of hydrogen-bond donors (Lipinski definition) is 1. The van der Waals surface area contributed by atoms with Crippen LogP contribution in [-0.2, 0) is 11.3 Å². The Labute approximate surface area is 159 Å². The number of carbonyl (C=O) groups excluding carboxylic acids is 1. The molecule has 6 heteroatoms. The third kappa shape index (κ3) is 4.90. The van der Waals surface area contributed by atoms with Crippen molar-refractivity contribution in [1.29, 1.82) is 0 Å². The van der Waals surface area contributed by atoms with Crippen LogP contribution in [0.25, 0.3) is 10.6 Å². The molecule has 1 saturated heterocycles. The third-order valence-corrected chi connectivity index (χ3v) is 5.62. The first kappa shape index (κ1) is 19.0. The van der Waals surface area contributed by atoms with Crippen LogP contribution >= 0.6 is 11.3 Å². The molecule has 3 rings (SSSR count). The molecular formula is C20H28N4OS. The molecule has 1 aromatic heterocycles. The lowest BCUT2D eigenvalue weighted by Crippen LogP contribution is -2.53. The molecule has 0 unspecified atom stereocenters. The van der Waals surface area contributed by atoms with Gasteiger partial charge in [0.2, 0.25) is 5.91 Å². The van der Waals surface area contributed by atoms with Crippen molar-refractivity contribution >= 4 is 17.2 Å². The van der Waals surface area contributed by atoms with Crippen LogP contribution in [0.15, 0.2) is 35.7 Å². The van der Waals surface area contributed by atoms with Gasteiger partial charge < -0.3 is 10.6 Å². The Kier molecular flexibility index (Phi) is 6.40. The van der Waals surface area contributed by atoms with Crippen LogP contribution in [-0.4, -0.2) is 52.9 Å². The summed E-state index contributed by atoms with van der Waals surface area (Å²) in [6.07, 6.45) is 0.750. The lowest BCUT2D eigenvalue weighted by atomic mass is 10.0. The summed E-state index contributed by atoms with van der Waals surface area (Å²) in [5.41, 5.74) is 8.32. The number of hydrogen-bond acceptors (Lipinski definition) is 5. The number of nitrogens with zero attached hydrogens (tertiary/aromatic N) is 3. The van der Waals surface area contributed by atoms with Crippen molar-refractivity contribution in [2.24, 2.45) is 11.7 Å². The van der Waals surface area contributed by atoms with Crippen LogP contribution in [0.2, 0.25) is 0 Å². The van der Waals surface area contributed by atoms with Gasteiger partial charge in [-0.15, -0.1) is 11.3 Å². The SMILES string of the molecule is CC(C)C[C@H](N)C(=O)N1CCN(Cc2csc(-c3ccccc3)n2)CC1. The highest BCUT2D eigenvalue weighted by molar-refractivity contribution is 7.13. The predicted octanol–water partition coefficient (Wildman–Crippen LogP) is 2.83. The van der Waals surface area contributed by atoms with Crippen LogP contribution in [0.5, 0.6) is 0 Å². The topological polar surface area (TPSA) is 62.5 Å². The van der Waals surface area contributed by atoms with Crippen molar-refractivity contribution in [3.63, 3.8) is 0 Å². The summed E-state index contributed by atoms with van der Waals surface area (Å²) in [5, 5.41) is 3.20. The highest BCUT2D eigenvalue weighted by Crippen LogP contribution is 2.24. The standard InChI is InChI=1S/C20H28N4OS/c1-15(2)12-18(21)20(25)24-10-8-23(9-11-24)13-17-14-26-19(22-17)16-6-4-3-5-7-16/h3-7,14-15,18H,8-13,21H2,1-2H3/t18-/m0/s1. The summed E-state index contributed by atoms with van der Waals surface area (Å²) in [4.78, 5) is 21.5. The van der Waals surface area contributed by atoms with Gasteiger partial charge in [0.1, 0.15) is 5.01 Å². The molecule has 1 fully saturated rings. The Bertz CT molecular complexity index is 708. The second-order valence-corrected chi connectivity index (χ2v) is 8.21. The predicted molar refractivity (Wildman–Crippen MR) is 107 cm³/mol. The number of nitrogens with two attached hydrogens (primary N) is 1. The average Bonchev–Trinajstić information content (AvgIpc) is 3.10. The molecule has 1 aliphatic heterocycles. The van der Waals surface area contributed by atoms with E-state index in [4.69, 9.17) is 10.7 Å². The number of piperazine rings is 1. The summed E-state index contributed by atoms with van der Waals surface area (Å²) in [6.45, 7) is 8.28. The van der Waals surface area contributed by atoms with Crippen molar-refractivity contribution in [3.05, 3.63) is 41.4 Å². The van der Waals surface area contributed by atoms with E-state index < -0.39 is 0 Å². The number of aromatic nitrogens is 1. The van der Waals surface area contributed by atoms with Gasteiger partial charge >= 0.3 is 0 Å². The molecule has 0 saturated carbocycles. The van der Waals surface area contributed by atoms with Gasteiger partial charge in [0.25, 0.3) is 0 Å². The van der Waals surface area contributed by atoms with E-state index >= 15 is 0 Å². The molecule has 0 radical (unpaired) electrons. The number of thiazole rings is 1. The number of carbonyl (C=O) groups is 1. The molecule has 140 valence electrons. The molecule has 0 bridgehead atoms. The number of benzene rings is 1. The van der Waals surface area contributed by atoms with Crippen molar-refractivity contribution in [3.8, 4) is 10.6 Å². The fourth-order valence-electron chi connectivity index (χ4n) is 3.29. The van der Waals surface area contributed by atoms with Gasteiger partial charge in [-0.1, -0.05) is 44.2 Å². The first-order valence-electron chi connectivity index (χ1n) is 9.29. The minimum Gasteiger partial charge on any atom is -0.339 e. The second kappa shape index (κ2) is 8.75. The lowest BCUT2D eigenvalue weighted by Gasteiger charge is -2.35. The van der Waals surface area contributed by atoms with Gasteiger partial charge in [0, 0.05) is 43.7 Å². The van der Waals surface area contributed by atoms with Crippen LogP contribution in [0.1, 0.15) is 26.0 Å². The third-order valence-electron chi connectivity index (χ3n) is 4.68. The van der Waals surface area contributed by atoms with E-state index in [1.165, 1.54) is 5.56 Å². The Balaban J connectivity index is 1.50. The molecule has 0 spiro atoms. The van der Waals surface area contributed by atoms with E-state index in [0.29, 0.717) is 5.92 Å². The zero-order chi connectivity index (χ0) is 18.5. The van der Waals surface area contributed by atoms with Crippen LogP contribution in [0, 0.1) is 5.92 Å². The van der Waals surface area contributed by atoms with Gasteiger partial charge in [0.15, 0.2) is 0 Å². The zero-order valence-corrected chi connectivity index (χ0v) is 16.4. The Morgan fingerprint density at radius 3 is 2.54 bits per heavy atom. The van der Waals surface area contributed by atoms with Crippen molar-refractivity contribution in [2.75, 3.05) is 26.2 Å². The van der Waals surface area contributed by atoms with Gasteiger partial charge in [-0.3, -0.25) is 9.69 Å². The maximum atomic E-state index is 12.4. The van der Waals surface area contributed by atoms with E-state index in [1.54, 1.807) is 11.3 Å². The Hall–Kier alpha value is -1.76. The molecule has 5 nitrogen and oxygen atoms in total. The van der Waals surface area contributed by atoms with Gasteiger partial charge in [-0.05, 0) is 12.3 Å². The smallest absolute Gasteiger partial charge is 0.239 e. The van der Waals surface area contributed by atoms with Gasteiger partial charge in [-0.25, -0.2) is 4.98 Å². The maximum absolute atomic E-state index is 12.4. The van der Waals surface area contributed by atoms with Crippen molar-refractivity contribution < 1.29 is 4.79 Å². The summed E-state index contributed by atoms with van der Waals surface area (Å²) in [5.74, 6) is 0.539. The number of amides is 1. The highest BCUT2D eigenvalue weighted by atomic mass is 32.1. The van der Waals surface area contributed by atoms with E-state index in [9.17, 15) is 4.79 Å². The minimum absolute atomic E-state index is 0.0957. The molecule has 26 heavy (non-hydrogen) atoms. The largest absolute Gasteiger partial charge is 0.339 e. The van der Waals surface area contributed by atoms with Crippen molar-refractivity contribution in [1.82, 2.24) is 14.8 Å². The van der Waals surface area contributed by atoms with Gasteiger partial charge in [0.05, 0.1) is 11.7 Å². The molecule has 1 amide bonds. The molecule has 1 aliphatic rings. The minimum atomic E-state index is -0.367. The number of rotatable bonds is 6. The fourth-order valence-corrected chi connectivity index (χ4v) is 4.11.